The molecule has 2 saturated carbocycles. The quantitative estimate of drug-likeness (QED) is 0.126. The Hall–Kier alpha value is -1.44. The molecular formula is C30H48O5Si. The SMILES string of the molecule is C=C[C@@]1(OCOCC[Si](C)(C)C)CC[C@@H]2[C@H]([C@@H]1/C=C(/CO)CCOCc1ccc(OC)cc1)C2(C)C. The molecule has 0 heterocycles. The summed E-state index contributed by atoms with van der Waals surface area (Å²) in [5.41, 5.74) is 1.93. The van der Waals surface area contributed by atoms with E-state index in [0.29, 0.717) is 31.5 Å². The van der Waals surface area contributed by atoms with Gasteiger partial charge in [0.25, 0.3) is 0 Å². The van der Waals surface area contributed by atoms with E-state index < -0.39 is 13.7 Å². The van der Waals surface area contributed by atoms with Gasteiger partial charge in [-0.3, -0.25) is 0 Å². The largest absolute Gasteiger partial charge is 0.497 e. The fourth-order valence-corrected chi connectivity index (χ4v) is 6.54. The molecule has 0 spiro atoms. The van der Waals surface area contributed by atoms with Crippen molar-refractivity contribution >= 4 is 8.07 Å². The highest BCUT2D eigenvalue weighted by Gasteiger charge is 2.66. The molecule has 1 aromatic carbocycles. The van der Waals surface area contributed by atoms with Gasteiger partial charge >= 0.3 is 0 Å². The average Bonchev–Trinajstić information content (AvgIpc) is 3.41. The summed E-state index contributed by atoms with van der Waals surface area (Å²) in [5.74, 6) is 2.22. The van der Waals surface area contributed by atoms with Crippen molar-refractivity contribution in [2.45, 2.75) is 71.0 Å². The first kappa shape index (κ1) is 29.1. The zero-order valence-electron chi connectivity index (χ0n) is 23.3. The molecule has 0 amide bonds. The molecule has 3 rings (SSSR count). The lowest BCUT2D eigenvalue weighted by molar-refractivity contribution is -0.147. The van der Waals surface area contributed by atoms with Gasteiger partial charge in [0.1, 0.15) is 12.5 Å². The second-order valence-electron chi connectivity index (χ2n) is 12.3. The van der Waals surface area contributed by atoms with Crippen LogP contribution in [0.15, 0.2) is 48.6 Å². The first-order valence-electron chi connectivity index (χ1n) is 13.4. The molecule has 6 heteroatoms. The van der Waals surface area contributed by atoms with Gasteiger partial charge in [0.2, 0.25) is 0 Å². The predicted octanol–water partition coefficient (Wildman–Crippen LogP) is 6.46. The van der Waals surface area contributed by atoms with Crippen LogP contribution in [0.25, 0.3) is 0 Å². The molecule has 0 unspecified atom stereocenters. The number of hydrogen-bond donors (Lipinski definition) is 1. The predicted molar refractivity (Wildman–Crippen MR) is 149 cm³/mol. The Labute approximate surface area is 219 Å². The summed E-state index contributed by atoms with van der Waals surface area (Å²) in [5, 5.41) is 10.2. The Morgan fingerprint density at radius 2 is 1.86 bits per heavy atom. The first-order valence-corrected chi connectivity index (χ1v) is 17.1. The summed E-state index contributed by atoms with van der Waals surface area (Å²) in [4.78, 5) is 0. The minimum absolute atomic E-state index is 0.0279. The molecule has 1 N–H and O–H groups in total. The number of rotatable bonds is 15. The molecule has 2 fully saturated rings. The molecule has 36 heavy (non-hydrogen) atoms. The van der Waals surface area contributed by atoms with Crippen LogP contribution >= 0.6 is 0 Å². The molecule has 0 aromatic heterocycles. The Morgan fingerprint density at radius 3 is 2.47 bits per heavy atom. The fraction of sp³-hybridized carbons (Fsp3) is 0.667. The summed E-state index contributed by atoms with van der Waals surface area (Å²) in [6.45, 7) is 18.2. The second kappa shape index (κ2) is 12.4. The number of benzene rings is 1. The number of methoxy groups -OCH3 is 1. The van der Waals surface area contributed by atoms with Gasteiger partial charge in [-0.25, -0.2) is 0 Å². The zero-order chi connectivity index (χ0) is 26.4. The highest BCUT2D eigenvalue weighted by atomic mass is 28.3. The van der Waals surface area contributed by atoms with Crippen molar-refractivity contribution in [3.8, 4) is 5.75 Å². The van der Waals surface area contributed by atoms with Gasteiger partial charge in [-0.05, 0) is 65.8 Å². The average molecular weight is 517 g/mol. The Balaban J connectivity index is 1.62. The summed E-state index contributed by atoms with van der Waals surface area (Å²) < 4.78 is 23.6. The van der Waals surface area contributed by atoms with E-state index in [1.807, 2.05) is 30.3 Å². The second-order valence-corrected chi connectivity index (χ2v) is 17.9. The van der Waals surface area contributed by atoms with Crippen LogP contribution in [-0.4, -0.2) is 52.5 Å². The van der Waals surface area contributed by atoms with Crippen LogP contribution in [0.1, 0.15) is 38.7 Å². The maximum absolute atomic E-state index is 10.2. The first-order chi connectivity index (χ1) is 17.1. The van der Waals surface area contributed by atoms with Gasteiger partial charge in [-0.1, -0.05) is 57.8 Å². The third-order valence-electron chi connectivity index (χ3n) is 8.30. The molecule has 5 nitrogen and oxygen atoms in total. The summed E-state index contributed by atoms with van der Waals surface area (Å²) in [7, 11) is 0.531. The van der Waals surface area contributed by atoms with Crippen molar-refractivity contribution < 1.29 is 24.1 Å². The van der Waals surface area contributed by atoms with E-state index in [2.05, 4.69) is 46.1 Å². The van der Waals surface area contributed by atoms with Crippen LogP contribution in [0.4, 0.5) is 0 Å². The van der Waals surface area contributed by atoms with E-state index >= 15 is 0 Å². The summed E-state index contributed by atoms with van der Waals surface area (Å²) >= 11 is 0. The topological polar surface area (TPSA) is 57.2 Å². The van der Waals surface area contributed by atoms with Crippen LogP contribution in [-0.2, 0) is 20.8 Å². The maximum atomic E-state index is 10.2. The molecule has 0 bridgehead atoms. The fourth-order valence-electron chi connectivity index (χ4n) is 5.79. The van der Waals surface area contributed by atoms with Crippen molar-refractivity contribution in [2.75, 3.05) is 33.7 Å². The van der Waals surface area contributed by atoms with Crippen molar-refractivity contribution in [3.05, 3.63) is 54.1 Å². The zero-order valence-corrected chi connectivity index (χ0v) is 24.3. The van der Waals surface area contributed by atoms with Crippen LogP contribution in [0.5, 0.6) is 5.75 Å². The standard InChI is InChI=1S/C30H48O5Si/c1-8-30(35-22-34-17-18-36(5,6)7)15-13-26-28(29(26,2)3)27(30)19-24(20-31)14-16-33-21-23-9-11-25(32-4)12-10-23/h8-12,19,26-28,31H,1,13-18,20-22H2,2-7H3/b24-19+/t26-,27+,28-,30-/m1/s1. The molecule has 0 aliphatic heterocycles. The van der Waals surface area contributed by atoms with Crippen LogP contribution in [0.3, 0.4) is 0 Å². The molecule has 202 valence electrons. The monoisotopic (exact) mass is 516 g/mol. The Bertz CT molecular complexity index is 872. The molecule has 1 aromatic rings. The van der Waals surface area contributed by atoms with Gasteiger partial charge in [0, 0.05) is 20.6 Å². The minimum Gasteiger partial charge on any atom is -0.497 e. The highest BCUT2D eigenvalue weighted by molar-refractivity contribution is 6.76. The number of ether oxygens (including phenoxy) is 4. The van der Waals surface area contributed by atoms with Gasteiger partial charge in [0.15, 0.2) is 0 Å². The number of fused-ring (bicyclic) bond motifs is 1. The molecule has 0 radical (unpaired) electrons. The number of aliphatic hydroxyl groups excluding tert-OH is 1. The van der Waals surface area contributed by atoms with Crippen LogP contribution in [0, 0.1) is 23.2 Å². The van der Waals surface area contributed by atoms with Gasteiger partial charge in [0.05, 0.1) is 32.5 Å². The minimum atomic E-state index is -1.14. The van der Waals surface area contributed by atoms with Gasteiger partial charge < -0.3 is 24.1 Å². The molecule has 2 aliphatic rings. The van der Waals surface area contributed by atoms with E-state index in [9.17, 15) is 5.11 Å². The van der Waals surface area contributed by atoms with E-state index in [0.717, 1.165) is 42.4 Å². The highest BCUT2D eigenvalue weighted by Crippen LogP contribution is 2.69. The summed E-state index contributed by atoms with van der Waals surface area (Å²) in [6, 6.07) is 9.04. The number of hydrogen-bond acceptors (Lipinski definition) is 5. The van der Waals surface area contributed by atoms with Gasteiger partial charge in [-0.2, -0.15) is 0 Å². The van der Waals surface area contributed by atoms with E-state index in [1.54, 1.807) is 7.11 Å². The summed E-state index contributed by atoms with van der Waals surface area (Å²) in [6.07, 6.45) is 7.04. The van der Waals surface area contributed by atoms with Crippen LogP contribution in [0.2, 0.25) is 25.7 Å². The van der Waals surface area contributed by atoms with E-state index in [4.69, 9.17) is 18.9 Å². The lowest BCUT2D eigenvalue weighted by Crippen LogP contribution is -2.43. The molecule has 4 atom stereocenters. The third-order valence-corrected chi connectivity index (χ3v) is 10.0. The lowest BCUT2D eigenvalue weighted by Gasteiger charge is -2.41. The number of aliphatic hydroxyl groups is 1. The van der Waals surface area contributed by atoms with E-state index in [-0.39, 0.29) is 24.7 Å². The lowest BCUT2D eigenvalue weighted by atomic mass is 9.73. The maximum Gasteiger partial charge on any atom is 0.147 e. The smallest absolute Gasteiger partial charge is 0.147 e. The van der Waals surface area contributed by atoms with E-state index in [1.165, 1.54) is 0 Å². The molecule has 2 aliphatic carbocycles. The van der Waals surface area contributed by atoms with Crippen molar-refractivity contribution in [3.63, 3.8) is 0 Å². The van der Waals surface area contributed by atoms with Crippen molar-refractivity contribution in [2.24, 2.45) is 23.2 Å². The Morgan fingerprint density at radius 1 is 1.14 bits per heavy atom. The normalized spacial score (nSPS) is 27.4. The molecular weight excluding hydrogens is 468 g/mol. The van der Waals surface area contributed by atoms with Crippen LogP contribution < -0.4 is 4.74 Å². The third kappa shape index (κ3) is 7.32. The van der Waals surface area contributed by atoms with Crippen molar-refractivity contribution in [1.82, 2.24) is 0 Å². The molecule has 0 saturated heterocycles. The van der Waals surface area contributed by atoms with Gasteiger partial charge in [-0.15, -0.1) is 6.58 Å². The Kier molecular flexibility index (Phi) is 10.0. The van der Waals surface area contributed by atoms with Crippen molar-refractivity contribution in [1.29, 1.82) is 0 Å².